The van der Waals surface area contributed by atoms with Crippen LogP contribution in [0.2, 0.25) is 0 Å². The summed E-state index contributed by atoms with van der Waals surface area (Å²) < 4.78 is 25.5. The van der Waals surface area contributed by atoms with Crippen molar-refractivity contribution >= 4 is 42.6 Å². The first-order valence-electron chi connectivity index (χ1n) is 3.74. The smallest absolute Gasteiger partial charge is 0.390 e. The van der Waals surface area contributed by atoms with Crippen LogP contribution in [0.25, 0.3) is 0 Å². The van der Waals surface area contributed by atoms with Crippen molar-refractivity contribution < 1.29 is 18.1 Å². The summed E-state index contributed by atoms with van der Waals surface area (Å²) in [5, 5.41) is -0.418. The first kappa shape index (κ1) is 14.6. The van der Waals surface area contributed by atoms with E-state index in [0.717, 1.165) is 0 Å². The molecule has 0 atom stereocenters. The molecule has 0 aromatic rings. The Hall–Kier alpha value is 0.560. The Bertz CT molecular complexity index is 241. The Balaban J connectivity index is 4.52. The second-order valence-corrected chi connectivity index (χ2v) is 4.79. The molecule has 14 heavy (non-hydrogen) atoms. The van der Waals surface area contributed by atoms with Gasteiger partial charge in [-0.05, 0) is 25.4 Å². The van der Waals surface area contributed by atoms with Crippen molar-refractivity contribution in [2.24, 2.45) is 0 Å². The molecule has 0 aromatic heterocycles. The fourth-order valence-electron chi connectivity index (χ4n) is 0.539. The minimum absolute atomic E-state index is 0.154. The van der Waals surface area contributed by atoms with Gasteiger partial charge in [0.2, 0.25) is 5.22 Å². The molecule has 0 rings (SSSR count). The van der Waals surface area contributed by atoms with Crippen LogP contribution in [-0.2, 0) is 18.1 Å². The van der Waals surface area contributed by atoms with Crippen molar-refractivity contribution in [3.8, 4) is 0 Å². The fraction of sp³-hybridized carbons (Fsp3) is 0.667. The summed E-state index contributed by atoms with van der Waals surface area (Å²) in [5.74, 6) is 0. The van der Waals surface area contributed by atoms with E-state index in [2.05, 4.69) is 4.52 Å². The highest BCUT2D eigenvalue weighted by molar-refractivity contribution is 7.48. The van der Waals surface area contributed by atoms with E-state index < -0.39 is 13.0 Å². The Morgan fingerprint density at radius 1 is 1.14 bits per heavy atom. The minimum atomic E-state index is -3.69. The van der Waals surface area contributed by atoms with Crippen LogP contribution in [0.1, 0.15) is 13.8 Å². The summed E-state index contributed by atoms with van der Waals surface area (Å²) in [7, 11) is -3.69. The zero-order chi connectivity index (χ0) is 11.2. The molecule has 0 fully saturated rings. The Kier molecular flexibility index (Phi) is 7.21. The molecule has 0 saturated heterocycles. The average molecular weight is 283 g/mol. The van der Waals surface area contributed by atoms with Crippen molar-refractivity contribution in [3.05, 3.63) is 9.71 Å². The lowest BCUT2D eigenvalue weighted by Crippen LogP contribution is -1.98. The quantitative estimate of drug-likeness (QED) is 0.545. The molecule has 4 nitrogen and oxygen atoms in total. The fourth-order valence-corrected chi connectivity index (χ4v) is 2.08. The molecule has 84 valence electrons. The van der Waals surface area contributed by atoms with Crippen molar-refractivity contribution in [1.29, 1.82) is 0 Å². The van der Waals surface area contributed by atoms with Gasteiger partial charge in [-0.15, -0.1) is 0 Å². The van der Waals surface area contributed by atoms with Crippen molar-refractivity contribution in [2.75, 3.05) is 13.2 Å². The molecule has 0 aliphatic carbocycles. The maximum Gasteiger partial charge on any atom is 0.530 e. The zero-order valence-corrected chi connectivity index (χ0v) is 10.8. The van der Waals surface area contributed by atoms with E-state index >= 15 is 0 Å². The molecular formula is C6H10Cl3O4P. The van der Waals surface area contributed by atoms with Crippen LogP contribution in [0.15, 0.2) is 9.71 Å². The van der Waals surface area contributed by atoms with Crippen molar-refractivity contribution in [3.63, 3.8) is 0 Å². The van der Waals surface area contributed by atoms with Gasteiger partial charge in [-0.25, -0.2) is 4.57 Å². The SMILES string of the molecule is CCOP(=O)(OCC)OC(Cl)=C(Cl)Cl. The molecule has 0 unspecified atom stereocenters. The largest absolute Gasteiger partial charge is 0.530 e. The maximum atomic E-state index is 11.6. The molecule has 0 spiro atoms. The van der Waals surface area contributed by atoms with Gasteiger partial charge in [0.1, 0.15) is 0 Å². The Morgan fingerprint density at radius 2 is 1.57 bits per heavy atom. The van der Waals surface area contributed by atoms with Gasteiger partial charge in [-0.1, -0.05) is 23.2 Å². The molecule has 0 N–H and O–H groups in total. The molecule has 0 aliphatic rings. The second-order valence-electron chi connectivity index (χ2n) is 1.91. The lowest BCUT2D eigenvalue weighted by molar-refractivity contribution is 0.151. The summed E-state index contributed by atoms with van der Waals surface area (Å²) in [6, 6.07) is 0. The molecule has 0 bridgehead atoms. The van der Waals surface area contributed by atoms with Gasteiger partial charge in [0.25, 0.3) is 0 Å². The highest BCUT2D eigenvalue weighted by Crippen LogP contribution is 2.52. The number of hydrogen-bond donors (Lipinski definition) is 0. The Morgan fingerprint density at radius 3 is 1.86 bits per heavy atom. The predicted molar refractivity (Wildman–Crippen MR) is 56.5 cm³/mol. The highest BCUT2D eigenvalue weighted by atomic mass is 35.5. The molecule has 0 heterocycles. The topological polar surface area (TPSA) is 44.8 Å². The lowest BCUT2D eigenvalue weighted by atomic mass is 10.9. The third-order valence-corrected chi connectivity index (χ3v) is 3.38. The monoisotopic (exact) mass is 282 g/mol. The van der Waals surface area contributed by atoms with E-state index in [1.165, 1.54) is 0 Å². The second kappa shape index (κ2) is 6.94. The predicted octanol–water partition coefficient (Wildman–Crippen LogP) is 4.03. The normalized spacial score (nSPS) is 11.2. The van der Waals surface area contributed by atoms with Gasteiger partial charge in [0.15, 0.2) is 4.49 Å². The van der Waals surface area contributed by atoms with Crippen LogP contribution >= 0.6 is 42.6 Å². The number of phosphoric ester groups is 1. The lowest BCUT2D eigenvalue weighted by Gasteiger charge is -2.15. The molecule has 0 saturated carbocycles. The van der Waals surface area contributed by atoms with Crippen LogP contribution in [-0.4, -0.2) is 13.2 Å². The summed E-state index contributed by atoms with van der Waals surface area (Å²) in [5.41, 5.74) is 0. The van der Waals surface area contributed by atoms with E-state index in [0.29, 0.717) is 0 Å². The molecule has 0 amide bonds. The Labute approximate surface area is 97.7 Å². The van der Waals surface area contributed by atoms with E-state index in [1.807, 2.05) is 0 Å². The molecule has 8 heteroatoms. The summed E-state index contributed by atoms with van der Waals surface area (Å²) in [4.78, 5) is 0. The molecular weight excluding hydrogens is 273 g/mol. The van der Waals surface area contributed by atoms with Gasteiger partial charge in [-0.2, -0.15) is 0 Å². The number of halogens is 3. The molecule has 0 radical (unpaired) electrons. The van der Waals surface area contributed by atoms with Gasteiger partial charge < -0.3 is 4.52 Å². The van der Waals surface area contributed by atoms with Crippen molar-refractivity contribution in [2.45, 2.75) is 13.8 Å². The third kappa shape index (κ3) is 5.44. The van der Waals surface area contributed by atoms with E-state index in [9.17, 15) is 4.57 Å². The number of phosphoric acid groups is 1. The van der Waals surface area contributed by atoms with Gasteiger partial charge in [0.05, 0.1) is 13.2 Å². The van der Waals surface area contributed by atoms with Crippen LogP contribution < -0.4 is 0 Å². The zero-order valence-electron chi connectivity index (χ0n) is 7.63. The highest BCUT2D eigenvalue weighted by Gasteiger charge is 2.28. The maximum absolute atomic E-state index is 11.6. The minimum Gasteiger partial charge on any atom is -0.390 e. The number of rotatable bonds is 6. The first-order valence-corrected chi connectivity index (χ1v) is 6.34. The van der Waals surface area contributed by atoms with E-state index in [1.54, 1.807) is 13.8 Å². The molecule has 0 aliphatic heterocycles. The average Bonchev–Trinajstić information content (AvgIpc) is 2.04. The van der Waals surface area contributed by atoms with Gasteiger partial charge in [-0.3, -0.25) is 9.05 Å². The van der Waals surface area contributed by atoms with Crippen molar-refractivity contribution in [1.82, 2.24) is 0 Å². The summed E-state index contributed by atoms with van der Waals surface area (Å²) in [6.45, 7) is 3.58. The van der Waals surface area contributed by atoms with Gasteiger partial charge in [0, 0.05) is 0 Å². The van der Waals surface area contributed by atoms with Gasteiger partial charge >= 0.3 is 7.82 Å². The molecule has 0 aromatic carbocycles. The van der Waals surface area contributed by atoms with Crippen LogP contribution in [0.4, 0.5) is 0 Å². The first-order chi connectivity index (χ1) is 6.45. The summed E-state index contributed by atoms with van der Waals surface area (Å²) >= 11 is 16.0. The third-order valence-electron chi connectivity index (χ3n) is 0.915. The van der Waals surface area contributed by atoms with E-state index in [4.69, 9.17) is 43.9 Å². The van der Waals surface area contributed by atoms with Crippen LogP contribution in [0.3, 0.4) is 0 Å². The van der Waals surface area contributed by atoms with Crippen LogP contribution in [0, 0.1) is 0 Å². The summed E-state index contributed by atoms with van der Waals surface area (Å²) in [6.07, 6.45) is 0. The van der Waals surface area contributed by atoms with Crippen LogP contribution in [0.5, 0.6) is 0 Å². The standard InChI is InChI=1S/C6H10Cl3O4P/c1-3-11-14(10,12-4-2)13-6(9)5(7)8/h3-4H2,1-2H3. The van der Waals surface area contributed by atoms with E-state index in [-0.39, 0.29) is 17.7 Å². The number of hydrogen-bond acceptors (Lipinski definition) is 4.